The molecule has 0 aromatic heterocycles. The van der Waals surface area contributed by atoms with Crippen LogP contribution >= 0.6 is 0 Å². The number of nitrogens with zero attached hydrogens (tertiary/aromatic N) is 2. The van der Waals surface area contributed by atoms with E-state index in [9.17, 15) is 4.79 Å². The summed E-state index contributed by atoms with van der Waals surface area (Å²) in [6, 6.07) is 12.8. The summed E-state index contributed by atoms with van der Waals surface area (Å²) in [6.07, 6.45) is 5.50. The molecule has 1 saturated heterocycles. The number of aliphatic imine (C=N–C) groups is 1. The van der Waals surface area contributed by atoms with Crippen molar-refractivity contribution in [2.75, 3.05) is 26.7 Å². The maximum atomic E-state index is 12.7. The predicted molar refractivity (Wildman–Crippen MR) is 125 cm³/mol. The van der Waals surface area contributed by atoms with Crippen LogP contribution in [0.4, 0.5) is 0 Å². The number of hydrogen-bond donors (Lipinski definition) is 2. The average molecular weight is 423 g/mol. The number of carbonyl (C=O) groups is 1. The number of guanidine groups is 1. The highest BCUT2D eigenvalue weighted by atomic mass is 16.5. The molecule has 31 heavy (non-hydrogen) atoms. The van der Waals surface area contributed by atoms with Crippen LogP contribution in [0.2, 0.25) is 0 Å². The van der Waals surface area contributed by atoms with E-state index in [0.717, 1.165) is 56.0 Å². The number of amides is 1. The Labute approximate surface area is 185 Å². The summed E-state index contributed by atoms with van der Waals surface area (Å²) in [5.41, 5.74) is 1.17. The number of nitrogens with one attached hydrogen (secondary N) is 2. The minimum atomic E-state index is 0.257. The maximum absolute atomic E-state index is 12.7. The molecule has 2 fully saturated rings. The van der Waals surface area contributed by atoms with Gasteiger partial charge in [-0.3, -0.25) is 4.79 Å². The van der Waals surface area contributed by atoms with Crippen molar-refractivity contribution >= 4 is 22.6 Å². The van der Waals surface area contributed by atoms with Crippen LogP contribution < -0.4 is 15.4 Å². The lowest BCUT2D eigenvalue weighted by molar-refractivity contribution is -0.134. The Bertz CT molecular complexity index is 936. The second-order valence-corrected chi connectivity index (χ2v) is 8.64. The van der Waals surface area contributed by atoms with Crippen molar-refractivity contribution in [3.8, 4) is 5.75 Å². The molecule has 1 aliphatic heterocycles. The van der Waals surface area contributed by atoms with Gasteiger partial charge in [-0.1, -0.05) is 31.0 Å². The van der Waals surface area contributed by atoms with Crippen molar-refractivity contribution in [3.05, 3.63) is 42.0 Å². The minimum absolute atomic E-state index is 0.257. The van der Waals surface area contributed by atoms with Crippen LogP contribution in [-0.4, -0.2) is 49.6 Å². The molecule has 166 valence electrons. The molecule has 1 heterocycles. The predicted octanol–water partition coefficient (Wildman–Crippen LogP) is 3.69. The van der Waals surface area contributed by atoms with Gasteiger partial charge in [0.15, 0.2) is 5.96 Å². The molecule has 2 aliphatic rings. The summed E-state index contributed by atoms with van der Waals surface area (Å²) < 4.78 is 5.31. The van der Waals surface area contributed by atoms with Crippen molar-refractivity contribution < 1.29 is 9.53 Å². The molecule has 1 amide bonds. The summed E-state index contributed by atoms with van der Waals surface area (Å²) in [4.78, 5) is 19.6. The second-order valence-electron chi connectivity index (χ2n) is 8.64. The molecule has 6 heteroatoms. The SMILES string of the molecule is CCNC(=NCc1ccc2cc(OC)ccc2c1)NC1CCN(C(=O)C2CCCC2)C1. The Kier molecular flexibility index (Phi) is 6.95. The lowest BCUT2D eigenvalue weighted by Crippen LogP contribution is -2.45. The number of rotatable bonds is 6. The lowest BCUT2D eigenvalue weighted by Gasteiger charge is -2.21. The average Bonchev–Trinajstić information content (AvgIpc) is 3.49. The van der Waals surface area contributed by atoms with Gasteiger partial charge in [-0.05, 0) is 60.7 Å². The quantitative estimate of drug-likeness (QED) is 0.550. The molecule has 6 nitrogen and oxygen atoms in total. The molecule has 1 unspecified atom stereocenters. The van der Waals surface area contributed by atoms with Crippen molar-refractivity contribution in [1.82, 2.24) is 15.5 Å². The molecular weight excluding hydrogens is 388 g/mol. The van der Waals surface area contributed by atoms with E-state index >= 15 is 0 Å². The summed E-state index contributed by atoms with van der Waals surface area (Å²) in [7, 11) is 1.69. The van der Waals surface area contributed by atoms with Gasteiger partial charge in [0.2, 0.25) is 5.91 Å². The van der Waals surface area contributed by atoms with E-state index in [-0.39, 0.29) is 12.0 Å². The first kappa shape index (κ1) is 21.5. The Morgan fingerprint density at radius 2 is 1.90 bits per heavy atom. The van der Waals surface area contributed by atoms with Crippen LogP contribution in [0, 0.1) is 5.92 Å². The summed E-state index contributed by atoms with van der Waals surface area (Å²) in [5, 5.41) is 9.24. The number of carbonyl (C=O) groups excluding carboxylic acids is 1. The minimum Gasteiger partial charge on any atom is -0.497 e. The van der Waals surface area contributed by atoms with E-state index in [0.29, 0.717) is 12.5 Å². The number of fused-ring (bicyclic) bond motifs is 1. The van der Waals surface area contributed by atoms with Crippen molar-refractivity contribution in [1.29, 1.82) is 0 Å². The standard InChI is InChI=1S/C25H34N4O2/c1-3-26-25(28-22-12-13-29(17-22)24(30)19-6-4-5-7-19)27-16-18-8-9-21-15-23(31-2)11-10-20(21)14-18/h8-11,14-15,19,22H,3-7,12-13,16-17H2,1-2H3,(H2,26,27,28). The number of ether oxygens (including phenoxy) is 1. The highest BCUT2D eigenvalue weighted by Crippen LogP contribution is 2.28. The highest BCUT2D eigenvalue weighted by molar-refractivity contribution is 5.85. The monoisotopic (exact) mass is 422 g/mol. The zero-order valence-corrected chi connectivity index (χ0v) is 18.7. The molecule has 2 aromatic rings. The van der Waals surface area contributed by atoms with Gasteiger partial charge in [0.25, 0.3) is 0 Å². The highest BCUT2D eigenvalue weighted by Gasteiger charge is 2.32. The topological polar surface area (TPSA) is 66.0 Å². The number of hydrogen-bond acceptors (Lipinski definition) is 3. The zero-order chi connectivity index (χ0) is 21.6. The van der Waals surface area contributed by atoms with E-state index < -0.39 is 0 Å². The van der Waals surface area contributed by atoms with Gasteiger partial charge < -0.3 is 20.3 Å². The summed E-state index contributed by atoms with van der Waals surface area (Å²) in [6.45, 7) is 5.11. The summed E-state index contributed by atoms with van der Waals surface area (Å²) in [5.74, 6) is 2.30. The van der Waals surface area contributed by atoms with Gasteiger partial charge in [-0.25, -0.2) is 4.99 Å². The lowest BCUT2D eigenvalue weighted by atomic mass is 10.1. The van der Waals surface area contributed by atoms with Crippen LogP contribution in [0.1, 0.15) is 44.6 Å². The number of methoxy groups -OCH3 is 1. The van der Waals surface area contributed by atoms with Gasteiger partial charge in [-0.15, -0.1) is 0 Å². The van der Waals surface area contributed by atoms with Crippen LogP contribution in [0.5, 0.6) is 5.75 Å². The van der Waals surface area contributed by atoms with Crippen LogP contribution in [0.25, 0.3) is 10.8 Å². The first-order valence-corrected chi connectivity index (χ1v) is 11.6. The van der Waals surface area contributed by atoms with Gasteiger partial charge in [0.05, 0.1) is 13.7 Å². The fourth-order valence-electron chi connectivity index (χ4n) is 4.69. The van der Waals surface area contributed by atoms with Gasteiger partial charge in [0.1, 0.15) is 5.75 Å². The first-order valence-electron chi connectivity index (χ1n) is 11.6. The Morgan fingerprint density at radius 3 is 2.68 bits per heavy atom. The number of benzene rings is 2. The summed E-state index contributed by atoms with van der Waals surface area (Å²) >= 11 is 0. The van der Waals surface area contributed by atoms with E-state index in [1.54, 1.807) is 7.11 Å². The molecule has 0 bridgehead atoms. The normalized spacial score (nSPS) is 19.7. The molecule has 1 aliphatic carbocycles. The Morgan fingerprint density at radius 1 is 1.13 bits per heavy atom. The van der Waals surface area contributed by atoms with Crippen molar-refractivity contribution in [2.24, 2.45) is 10.9 Å². The molecule has 1 atom stereocenters. The van der Waals surface area contributed by atoms with Crippen LogP contribution in [0.3, 0.4) is 0 Å². The first-order chi connectivity index (χ1) is 15.2. The molecule has 4 rings (SSSR count). The van der Waals surface area contributed by atoms with Crippen molar-refractivity contribution in [2.45, 2.75) is 51.6 Å². The molecule has 2 aromatic carbocycles. The Balaban J connectivity index is 1.37. The van der Waals surface area contributed by atoms with Gasteiger partial charge >= 0.3 is 0 Å². The number of likely N-dealkylation sites (tertiary alicyclic amines) is 1. The van der Waals surface area contributed by atoms with E-state index in [4.69, 9.17) is 9.73 Å². The largest absolute Gasteiger partial charge is 0.497 e. The van der Waals surface area contributed by atoms with Gasteiger partial charge in [-0.2, -0.15) is 0 Å². The fourth-order valence-corrected chi connectivity index (χ4v) is 4.69. The molecule has 0 radical (unpaired) electrons. The molecular formula is C25H34N4O2. The van der Waals surface area contributed by atoms with E-state index in [1.807, 2.05) is 12.1 Å². The van der Waals surface area contributed by atoms with Crippen LogP contribution in [-0.2, 0) is 11.3 Å². The molecule has 2 N–H and O–H groups in total. The zero-order valence-electron chi connectivity index (χ0n) is 18.7. The van der Waals surface area contributed by atoms with Crippen LogP contribution in [0.15, 0.2) is 41.4 Å². The fraction of sp³-hybridized carbons (Fsp3) is 0.520. The van der Waals surface area contributed by atoms with Crippen molar-refractivity contribution in [3.63, 3.8) is 0 Å². The third-order valence-corrected chi connectivity index (χ3v) is 6.42. The third kappa shape index (κ3) is 5.30. The smallest absolute Gasteiger partial charge is 0.225 e. The Hall–Kier alpha value is -2.76. The third-order valence-electron chi connectivity index (χ3n) is 6.42. The van der Waals surface area contributed by atoms with Gasteiger partial charge in [0, 0.05) is 31.6 Å². The molecule has 0 spiro atoms. The molecule has 1 saturated carbocycles. The maximum Gasteiger partial charge on any atom is 0.225 e. The van der Waals surface area contributed by atoms with E-state index in [1.165, 1.54) is 23.8 Å². The second kappa shape index (κ2) is 10.0. The van der Waals surface area contributed by atoms with E-state index in [2.05, 4.69) is 46.7 Å².